The molecule has 1 aromatic carbocycles. The lowest BCUT2D eigenvalue weighted by Crippen LogP contribution is -2.12. The van der Waals surface area contributed by atoms with Crippen molar-refractivity contribution >= 4 is 11.9 Å². The second-order valence-electron chi connectivity index (χ2n) is 3.86. The SMILES string of the molecule is CCc1cc(C(=O)OC)c(CC)cc1C(=O)OC. The van der Waals surface area contributed by atoms with Gasteiger partial charge in [-0.25, -0.2) is 9.59 Å². The number of hydrogen-bond acceptors (Lipinski definition) is 4. The van der Waals surface area contributed by atoms with Crippen LogP contribution in [0.4, 0.5) is 0 Å². The van der Waals surface area contributed by atoms with Crippen molar-refractivity contribution in [2.45, 2.75) is 26.7 Å². The fourth-order valence-corrected chi connectivity index (χ4v) is 1.87. The van der Waals surface area contributed by atoms with Gasteiger partial charge in [-0.05, 0) is 36.1 Å². The molecule has 98 valence electrons. The van der Waals surface area contributed by atoms with Crippen LogP contribution in [-0.2, 0) is 22.3 Å². The van der Waals surface area contributed by atoms with Gasteiger partial charge in [0.1, 0.15) is 0 Å². The van der Waals surface area contributed by atoms with E-state index in [4.69, 9.17) is 9.47 Å². The van der Waals surface area contributed by atoms with Crippen LogP contribution in [0.1, 0.15) is 45.7 Å². The van der Waals surface area contributed by atoms with Crippen molar-refractivity contribution in [1.29, 1.82) is 0 Å². The third-order valence-electron chi connectivity index (χ3n) is 2.90. The van der Waals surface area contributed by atoms with Crippen LogP contribution in [-0.4, -0.2) is 26.2 Å². The van der Waals surface area contributed by atoms with E-state index in [0.717, 1.165) is 11.1 Å². The van der Waals surface area contributed by atoms with Crippen molar-refractivity contribution in [3.05, 3.63) is 34.4 Å². The second kappa shape index (κ2) is 6.19. The van der Waals surface area contributed by atoms with Gasteiger partial charge in [0.25, 0.3) is 0 Å². The predicted octanol–water partition coefficient (Wildman–Crippen LogP) is 2.38. The van der Waals surface area contributed by atoms with Crippen LogP contribution in [0.15, 0.2) is 12.1 Å². The molecule has 18 heavy (non-hydrogen) atoms. The molecular weight excluding hydrogens is 232 g/mol. The molecule has 1 rings (SSSR count). The van der Waals surface area contributed by atoms with E-state index in [-0.39, 0.29) is 11.9 Å². The summed E-state index contributed by atoms with van der Waals surface area (Å²) in [6, 6.07) is 3.44. The molecule has 0 aliphatic heterocycles. The summed E-state index contributed by atoms with van der Waals surface area (Å²) in [5.74, 6) is -0.754. The maximum Gasteiger partial charge on any atom is 0.338 e. The molecule has 0 radical (unpaired) electrons. The zero-order chi connectivity index (χ0) is 13.7. The highest BCUT2D eigenvalue weighted by Crippen LogP contribution is 2.20. The van der Waals surface area contributed by atoms with E-state index in [0.29, 0.717) is 24.0 Å². The molecule has 0 fully saturated rings. The molecule has 1 aromatic rings. The molecule has 0 spiro atoms. The Bertz CT molecular complexity index is 419. The molecule has 4 nitrogen and oxygen atoms in total. The fourth-order valence-electron chi connectivity index (χ4n) is 1.87. The van der Waals surface area contributed by atoms with Crippen molar-refractivity contribution in [1.82, 2.24) is 0 Å². The largest absolute Gasteiger partial charge is 0.465 e. The fraction of sp³-hybridized carbons (Fsp3) is 0.429. The van der Waals surface area contributed by atoms with E-state index >= 15 is 0 Å². The van der Waals surface area contributed by atoms with Crippen molar-refractivity contribution in [2.24, 2.45) is 0 Å². The Labute approximate surface area is 107 Å². The molecule has 0 saturated heterocycles. The molecule has 0 amide bonds. The Morgan fingerprint density at radius 1 is 0.889 bits per heavy atom. The number of rotatable bonds is 4. The average molecular weight is 250 g/mol. The summed E-state index contributed by atoms with van der Waals surface area (Å²) in [7, 11) is 2.70. The zero-order valence-corrected chi connectivity index (χ0v) is 11.2. The Kier molecular flexibility index (Phi) is 4.89. The van der Waals surface area contributed by atoms with Gasteiger partial charge in [0.05, 0.1) is 25.3 Å². The third kappa shape index (κ3) is 2.70. The van der Waals surface area contributed by atoms with E-state index in [2.05, 4.69) is 0 Å². The Morgan fingerprint density at radius 2 is 1.22 bits per heavy atom. The summed E-state index contributed by atoms with van der Waals surface area (Å²) in [5, 5.41) is 0. The van der Waals surface area contributed by atoms with Crippen LogP contribution in [0, 0.1) is 0 Å². The summed E-state index contributed by atoms with van der Waals surface area (Å²) in [6.07, 6.45) is 1.30. The minimum absolute atomic E-state index is 0.377. The van der Waals surface area contributed by atoms with Crippen molar-refractivity contribution < 1.29 is 19.1 Å². The lowest BCUT2D eigenvalue weighted by Gasteiger charge is -2.12. The first-order valence-corrected chi connectivity index (χ1v) is 5.91. The molecule has 4 heteroatoms. The summed E-state index contributed by atoms with van der Waals surface area (Å²) in [4.78, 5) is 23.3. The van der Waals surface area contributed by atoms with Gasteiger partial charge in [-0.3, -0.25) is 0 Å². The highest BCUT2D eigenvalue weighted by molar-refractivity contribution is 5.96. The van der Waals surface area contributed by atoms with Gasteiger partial charge in [0.15, 0.2) is 0 Å². The molecule has 0 bridgehead atoms. The number of methoxy groups -OCH3 is 2. The van der Waals surface area contributed by atoms with Gasteiger partial charge >= 0.3 is 11.9 Å². The first-order chi connectivity index (χ1) is 8.58. The van der Waals surface area contributed by atoms with Gasteiger partial charge in [-0.1, -0.05) is 13.8 Å². The summed E-state index contributed by atoms with van der Waals surface area (Å²) in [6.45, 7) is 3.85. The monoisotopic (exact) mass is 250 g/mol. The van der Waals surface area contributed by atoms with Gasteiger partial charge in [-0.15, -0.1) is 0 Å². The number of ether oxygens (including phenoxy) is 2. The van der Waals surface area contributed by atoms with Crippen molar-refractivity contribution in [3.63, 3.8) is 0 Å². The van der Waals surface area contributed by atoms with Crippen molar-refractivity contribution in [2.75, 3.05) is 14.2 Å². The lowest BCUT2D eigenvalue weighted by molar-refractivity contribution is 0.0584. The van der Waals surface area contributed by atoms with Gasteiger partial charge < -0.3 is 9.47 Å². The minimum Gasteiger partial charge on any atom is -0.465 e. The second-order valence-corrected chi connectivity index (χ2v) is 3.86. The topological polar surface area (TPSA) is 52.6 Å². The molecule has 0 unspecified atom stereocenters. The molecule has 0 N–H and O–H groups in total. The van der Waals surface area contributed by atoms with Crippen LogP contribution in [0.25, 0.3) is 0 Å². The minimum atomic E-state index is -0.377. The van der Waals surface area contributed by atoms with Crippen LogP contribution < -0.4 is 0 Å². The Balaban J connectivity index is 3.41. The van der Waals surface area contributed by atoms with E-state index in [1.165, 1.54) is 14.2 Å². The number of esters is 2. The third-order valence-corrected chi connectivity index (χ3v) is 2.90. The summed E-state index contributed by atoms with van der Waals surface area (Å²) >= 11 is 0. The molecule has 0 aromatic heterocycles. The highest BCUT2D eigenvalue weighted by atomic mass is 16.5. The van der Waals surface area contributed by atoms with Crippen LogP contribution in [0.2, 0.25) is 0 Å². The molecule has 0 atom stereocenters. The maximum absolute atomic E-state index is 11.7. The van der Waals surface area contributed by atoms with Crippen molar-refractivity contribution in [3.8, 4) is 0 Å². The summed E-state index contributed by atoms with van der Waals surface area (Å²) < 4.78 is 9.50. The van der Waals surface area contributed by atoms with Gasteiger partial charge in [0, 0.05) is 0 Å². The Hall–Kier alpha value is -1.84. The number of aryl methyl sites for hydroxylation is 2. The number of carbonyl (C=O) groups excluding carboxylic acids is 2. The maximum atomic E-state index is 11.7. The quantitative estimate of drug-likeness (QED) is 0.770. The standard InChI is InChI=1S/C14H18O4/c1-5-9-7-12(14(16)18-4)10(6-2)8-11(9)13(15)17-3/h7-8H,5-6H2,1-4H3. The Morgan fingerprint density at radius 3 is 1.44 bits per heavy atom. The average Bonchev–Trinajstić information content (AvgIpc) is 2.43. The van der Waals surface area contributed by atoms with Crippen LogP contribution >= 0.6 is 0 Å². The van der Waals surface area contributed by atoms with E-state index in [1.807, 2.05) is 13.8 Å². The first kappa shape index (κ1) is 14.2. The van der Waals surface area contributed by atoms with Crippen LogP contribution in [0.3, 0.4) is 0 Å². The first-order valence-electron chi connectivity index (χ1n) is 5.91. The smallest absolute Gasteiger partial charge is 0.338 e. The molecule has 0 aliphatic carbocycles. The van der Waals surface area contributed by atoms with Gasteiger partial charge in [0.2, 0.25) is 0 Å². The predicted molar refractivity (Wildman–Crippen MR) is 67.9 cm³/mol. The van der Waals surface area contributed by atoms with E-state index in [1.54, 1.807) is 12.1 Å². The zero-order valence-electron chi connectivity index (χ0n) is 11.2. The highest BCUT2D eigenvalue weighted by Gasteiger charge is 2.18. The lowest BCUT2D eigenvalue weighted by atomic mass is 9.95. The van der Waals surface area contributed by atoms with Crippen LogP contribution in [0.5, 0.6) is 0 Å². The normalized spacial score (nSPS) is 10.0. The van der Waals surface area contributed by atoms with E-state index in [9.17, 15) is 9.59 Å². The van der Waals surface area contributed by atoms with E-state index < -0.39 is 0 Å². The molecule has 0 saturated carbocycles. The molecule has 0 heterocycles. The number of benzene rings is 1. The summed E-state index contributed by atoms with van der Waals surface area (Å²) in [5.41, 5.74) is 2.62. The number of hydrogen-bond donors (Lipinski definition) is 0. The molecular formula is C14H18O4. The van der Waals surface area contributed by atoms with Gasteiger partial charge in [-0.2, -0.15) is 0 Å². The number of carbonyl (C=O) groups is 2. The molecule has 0 aliphatic rings.